The Morgan fingerprint density at radius 1 is 0.853 bits per heavy atom. The molecule has 0 aliphatic carbocycles. The molecule has 178 valence electrons. The van der Waals surface area contributed by atoms with Gasteiger partial charge in [0.15, 0.2) is 0 Å². The smallest absolute Gasteiger partial charge is 0.339 e. The van der Waals surface area contributed by atoms with Gasteiger partial charge in [-0.1, -0.05) is 48.9 Å². The lowest BCUT2D eigenvalue weighted by Gasteiger charge is -2.17. The van der Waals surface area contributed by atoms with Gasteiger partial charge in [0.1, 0.15) is 0 Å². The Morgan fingerprint density at radius 2 is 1.53 bits per heavy atom. The summed E-state index contributed by atoms with van der Waals surface area (Å²) in [4.78, 5) is 59.4. The molecule has 0 aromatic heterocycles. The second kappa shape index (κ2) is 13.3. The highest BCUT2D eigenvalue weighted by atomic mass is 16.6. The van der Waals surface area contributed by atoms with Gasteiger partial charge in [0, 0.05) is 24.6 Å². The minimum Gasteiger partial charge on any atom is -0.481 e. The molecule has 1 atom stereocenters. The number of carbonyl (C=O) groups excluding carboxylic acids is 3. The number of unbranched alkanes of at least 4 members (excludes halogenated alkanes) is 2. The number of nitrogens with one attached hydrogen (secondary N) is 1. The second-order valence-electron chi connectivity index (χ2n) is 7.30. The number of hydrogen-bond acceptors (Lipinski definition) is 6. The summed E-state index contributed by atoms with van der Waals surface area (Å²) in [6.07, 6.45) is 2.17. The summed E-state index contributed by atoms with van der Waals surface area (Å²) in [7, 11) is 0. The second-order valence-corrected chi connectivity index (χ2v) is 7.30. The zero-order valence-electron chi connectivity index (χ0n) is 18.3. The zero-order valence-corrected chi connectivity index (χ0v) is 18.3. The summed E-state index contributed by atoms with van der Waals surface area (Å²) < 4.78 is 5.27. The van der Waals surface area contributed by atoms with E-state index in [9.17, 15) is 24.0 Å². The van der Waals surface area contributed by atoms with Crippen LogP contribution in [0.4, 0.5) is 0 Å². The quantitative estimate of drug-likeness (QED) is 0.134. The molecular weight excluding hydrogens is 442 g/mol. The van der Waals surface area contributed by atoms with Gasteiger partial charge in [-0.2, -0.15) is 0 Å². The van der Waals surface area contributed by atoms with E-state index in [0.717, 1.165) is 6.08 Å². The third-order valence-electron chi connectivity index (χ3n) is 4.69. The molecule has 1 amide bonds. The Morgan fingerprint density at radius 3 is 2.15 bits per heavy atom. The maximum Gasteiger partial charge on any atom is 0.339 e. The maximum atomic E-state index is 12.9. The predicted molar refractivity (Wildman–Crippen MR) is 122 cm³/mol. The van der Waals surface area contributed by atoms with Gasteiger partial charge in [-0.3, -0.25) is 14.4 Å². The maximum absolute atomic E-state index is 12.9. The van der Waals surface area contributed by atoms with Crippen molar-refractivity contribution in [2.75, 3.05) is 6.54 Å². The first-order valence-corrected chi connectivity index (χ1v) is 10.6. The highest BCUT2D eigenvalue weighted by Crippen LogP contribution is 2.13. The van der Waals surface area contributed by atoms with Crippen LogP contribution < -0.4 is 5.32 Å². The zero-order chi connectivity index (χ0) is 24.9. The van der Waals surface area contributed by atoms with E-state index in [1.807, 2.05) is 0 Å². The fourth-order valence-electron chi connectivity index (χ4n) is 2.94. The fourth-order valence-corrected chi connectivity index (χ4v) is 2.94. The summed E-state index contributed by atoms with van der Waals surface area (Å²) >= 11 is 0. The van der Waals surface area contributed by atoms with Gasteiger partial charge in [0.05, 0.1) is 5.56 Å². The normalized spacial score (nSPS) is 11.5. The molecule has 0 saturated heterocycles. The van der Waals surface area contributed by atoms with Crippen molar-refractivity contribution in [1.82, 2.24) is 5.32 Å². The molecule has 2 aromatic carbocycles. The fraction of sp³-hybridized carbons (Fsp3) is 0.240. The van der Waals surface area contributed by atoms with E-state index in [1.54, 1.807) is 18.2 Å². The van der Waals surface area contributed by atoms with Crippen LogP contribution >= 0.6 is 0 Å². The Kier molecular flexibility index (Phi) is 10.2. The number of carboxylic acid groups (broad SMARTS) is 2. The number of amides is 1. The molecule has 9 heteroatoms. The Hall–Kier alpha value is -4.27. The van der Waals surface area contributed by atoms with E-state index >= 15 is 0 Å². The number of ketones is 1. The Bertz CT molecular complexity index is 1040. The van der Waals surface area contributed by atoms with Crippen molar-refractivity contribution in [3.8, 4) is 0 Å². The van der Waals surface area contributed by atoms with Crippen molar-refractivity contribution in [2.24, 2.45) is 0 Å². The lowest BCUT2D eigenvalue weighted by Crippen LogP contribution is -2.43. The molecule has 0 radical (unpaired) electrons. The monoisotopic (exact) mass is 467 g/mol. The van der Waals surface area contributed by atoms with Crippen LogP contribution in [0.15, 0.2) is 60.7 Å². The van der Waals surface area contributed by atoms with Crippen molar-refractivity contribution in [3.05, 3.63) is 77.4 Å². The van der Waals surface area contributed by atoms with Crippen LogP contribution in [0.2, 0.25) is 0 Å². The number of ether oxygens (including phenoxy) is 1. The molecule has 2 aromatic rings. The number of hydrogen-bond donors (Lipinski definition) is 3. The minimum atomic E-state index is -1.71. The summed E-state index contributed by atoms with van der Waals surface area (Å²) in [5.41, 5.74) is 0.822. The molecule has 0 fully saturated rings. The predicted octanol–water partition coefficient (Wildman–Crippen LogP) is 2.95. The van der Waals surface area contributed by atoms with Crippen LogP contribution in [0.5, 0.6) is 0 Å². The van der Waals surface area contributed by atoms with Crippen LogP contribution in [-0.2, 0) is 19.1 Å². The van der Waals surface area contributed by atoms with Crippen molar-refractivity contribution in [3.63, 3.8) is 0 Å². The highest BCUT2D eigenvalue weighted by Gasteiger charge is 2.31. The summed E-state index contributed by atoms with van der Waals surface area (Å²) in [6, 6.07) is 13.8. The van der Waals surface area contributed by atoms with E-state index < -0.39 is 35.7 Å². The molecule has 3 N–H and O–H groups in total. The third-order valence-corrected chi connectivity index (χ3v) is 4.69. The standard InChI is InChI=1S/C25H25NO8/c27-20(28)9-5-2-6-16-26-24(32)23(22(31)18-7-3-1-4-8-18)34-25(33)19-13-10-17(11-14-19)12-15-21(29)30/h1,3-4,7-8,10-15,23H,2,5-6,9,16H2,(H,26,32)(H,27,28)(H,29,30). The average Bonchev–Trinajstić information content (AvgIpc) is 2.83. The average molecular weight is 467 g/mol. The van der Waals surface area contributed by atoms with E-state index in [4.69, 9.17) is 14.9 Å². The molecule has 0 heterocycles. The lowest BCUT2D eigenvalue weighted by molar-refractivity contribution is -0.137. The number of rotatable bonds is 13. The molecule has 0 saturated carbocycles. The SMILES string of the molecule is O=C(O)C=Cc1ccc(C(=O)OC(C(=O)NCCCCCC(=O)O)C(=O)c2ccccc2)cc1. The van der Waals surface area contributed by atoms with Crippen LogP contribution in [0.25, 0.3) is 6.08 Å². The summed E-state index contributed by atoms with van der Waals surface area (Å²) in [5, 5.41) is 19.9. The lowest BCUT2D eigenvalue weighted by atomic mass is 10.1. The summed E-state index contributed by atoms with van der Waals surface area (Å²) in [6.45, 7) is 0.194. The topological polar surface area (TPSA) is 147 Å². The van der Waals surface area contributed by atoms with Crippen LogP contribution in [0.1, 0.15) is 52.0 Å². The number of esters is 1. The van der Waals surface area contributed by atoms with E-state index in [-0.39, 0.29) is 24.1 Å². The Balaban J connectivity index is 2.07. The van der Waals surface area contributed by atoms with Crippen LogP contribution in [-0.4, -0.2) is 52.5 Å². The van der Waals surface area contributed by atoms with Crippen LogP contribution in [0.3, 0.4) is 0 Å². The Labute approximate surface area is 196 Å². The van der Waals surface area contributed by atoms with Crippen molar-refractivity contribution < 1.29 is 38.9 Å². The van der Waals surface area contributed by atoms with Gasteiger partial charge in [0.2, 0.25) is 11.9 Å². The van der Waals surface area contributed by atoms with E-state index in [2.05, 4.69) is 5.32 Å². The number of aliphatic carboxylic acids is 2. The summed E-state index contributed by atoms with van der Waals surface area (Å²) in [5.74, 6) is -4.35. The molecule has 0 aliphatic heterocycles. The first-order valence-electron chi connectivity index (χ1n) is 10.6. The number of carbonyl (C=O) groups is 5. The van der Waals surface area contributed by atoms with Crippen molar-refractivity contribution in [1.29, 1.82) is 0 Å². The minimum absolute atomic E-state index is 0.0333. The molecule has 9 nitrogen and oxygen atoms in total. The molecule has 0 bridgehead atoms. The third kappa shape index (κ3) is 8.70. The molecule has 2 rings (SSSR count). The molecule has 0 aliphatic rings. The van der Waals surface area contributed by atoms with Crippen molar-refractivity contribution >= 4 is 35.7 Å². The van der Waals surface area contributed by atoms with Gasteiger partial charge in [0.25, 0.3) is 5.91 Å². The molecular formula is C25H25NO8. The first-order chi connectivity index (χ1) is 16.3. The van der Waals surface area contributed by atoms with Gasteiger partial charge in [-0.05, 0) is 36.6 Å². The molecule has 0 spiro atoms. The van der Waals surface area contributed by atoms with Gasteiger partial charge >= 0.3 is 17.9 Å². The molecule has 1 unspecified atom stereocenters. The largest absolute Gasteiger partial charge is 0.481 e. The van der Waals surface area contributed by atoms with Gasteiger partial charge in [-0.25, -0.2) is 9.59 Å². The van der Waals surface area contributed by atoms with Gasteiger partial charge in [-0.15, -0.1) is 0 Å². The van der Waals surface area contributed by atoms with E-state index in [0.29, 0.717) is 24.8 Å². The van der Waals surface area contributed by atoms with Crippen molar-refractivity contribution in [2.45, 2.75) is 31.8 Å². The van der Waals surface area contributed by atoms with Crippen LogP contribution in [0, 0.1) is 0 Å². The highest BCUT2D eigenvalue weighted by molar-refractivity contribution is 6.14. The van der Waals surface area contributed by atoms with Gasteiger partial charge < -0.3 is 20.3 Å². The number of carboxylic acids is 2. The van der Waals surface area contributed by atoms with E-state index in [1.165, 1.54) is 42.5 Å². The first kappa shape index (κ1) is 26.0. The number of Topliss-reactive ketones (excluding diaryl/α,β-unsaturated/α-hetero) is 1. The number of benzene rings is 2. The molecule has 34 heavy (non-hydrogen) atoms.